The highest BCUT2D eigenvalue weighted by molar-refractivity contribution is 7.10. The molecule has 1 aliphatic rings. The molecule has 1 saturated heterocycles. The maximum absolute atomic E-state index is 13.9. The number of anilines is 2. The van der Waals surface area contributed by atoms with Crippen LogP contribution in [0.25, 0.3) is 0 Å². The van der Waals surface area contributed by atoms with Crippen molar-refractivity contribution in [1.29, 1.82) is 0 Å². The Labute approximate surface area is 254 Å². The Bertz CT molecular complexity index is 1680. The lowest BCUT2D eigenvalue weighted by molar-refractivity contribution is -0.137. The molecular formula is C31H27F2N5O5S. The second kappa shape index (κ2) is 13.4. The molecule has 10 nitrogen and oxygen atoms in total. The molecule has 5 rings (SSSR count). The molecule has 226 valence electrons. The van der Waals surface area contributed by atoms with Crippen LogP contribution in [0.1, 0.15) is 48.4 Å². The van der Waals surface area contributed by atoms with E-state index in [1.54, 1.807) is 52.9 Å². The first-order valence-corrected chi connectivity index (χ1v) is 14.5. The first kappa shape index (κ1) is 30.3. The van der Waals surface area contributed by atoms with Crippen molar-refractivity contribution < 1.29 is 33.1 Å². The van der Waals surface area contributed by atoms with Gasteiger partial charge in [-0.3, -0.25) is 24.2 Å². The summed E-state index contributed by atoms with van der Waals surface area (Å²) in [6, 6.07) is 13.5. The number of piperazine rings is 1. The summed E-state index contributed by atoms with van der Waals surface area (Å²) in [5, 5.41) is 16.6. The zero-order valence-electron chi connectivity index (χ0n) is 23.2. The Morgan fingerprint density at radius 2 is 1.64 bits per heavy atom. The summed E-state index contributed by atoms with van der Waals surface area (Å²) in [6.45, 7) is 1.57. The molecule has 2 aromatic heterocycles. The van der Waals surface area contributed by atoms with Gasteiger partial charge in [0.25, 0.3) is 17.7 Å². The fourth-order valence-corrected chi connectivity index (χ4v) is 5.61. The number of carboxylic acid groups (broad SMARTS) is 1. The van der Waals surface area contributed by atoms with Crippen LogP contribution in [0.15, 0.2) is 78.4 Å². The Kier molecular flexibility index (Phi) is 9.24. The number of nitrogens with one attached hydrogen (secondary N) is 2. The van der Waals surface area contributed by atoms with Gasteiger partial charge in [-0.05, 0) is 60.0 Å². The van der Waals surface area contributed by atoms with Crippen molar-refractivity contribution in [2.45, 2.75) is 12.5 Å². The molecule has 13 heteroatoms. The van der Waals surface area contributed by atoms with Crippen LogP contribution in [0.2, 0.25) is 0 Å². The van der Waals surface area contributed by atoms with E-state index in [1.165, 1.54) is 23.6 Å². The zero-order chi connectivity index (χ0) is 31.2. The number of rotatable bonds is 9. The fourth-order valence-electron chi connectivity index (χ4n) is 4.84. The second-order valence-electron chi connectivity index (χ2n) is 9.98. The normalized spacial score (nSPS) is 13.7. The molecule has 3 heterocycles. The number of nitrogens with zero attached hydrogens (tertiary/aromatic N) is 3. The van der Waals surface area contributed by atoms with Crippen LogP contribution in [0.5, 0.6) is 0 Å². The van der Waals surface area contributed by atoms with Crippen LogP contribution in [-0.2, 0) is 4.79 Å². The third kappa shape index (κ3) is 7.06. The minimum atomic E-state index is -1.18. The smallest absolute Gasteiger partial charge is 0.305 e. The number of aromatic nitrogens is 1. The largest absolute Gasteiger partial charge is 0.481 e. The van der Waals surface area contributed by atoms with Gasteiger partial charge in [-0.1, -0.05) is 6.07 Å². The second-order valence-corrected chi connectivity index (χ2v) is 11.0. The maximum Gasteiger partial charge on any atom is 0.305 e. The molecule has 0 saturated carbocycles. The number of pyridine rings is 1. The molecule has 1 fully saturated rings. The molecule has 0 bridgehead atoms. The number of hydrogen-bond donors (Lipinski definition) is 3. The zero-order valence-corrected chi connectivity index (χ0v) is 24.0. The molecule has 44 heavy (non-hydrogen) atoms. The van der Waals surface area contributed by atoms with Crippen molar-refractivity contribution in [1.82, 2.24) is 15.2 Å². The molecule has 1 aliphatic heterocycles. The van der Waals surface area contributed by atoms with Gasteiger partial charge in [0, 0.05) is 54.6 Å². The lowest BCUT2D eigenvalue weighted by Crippen LogP contribution is -2.49. The predicted molar refractivity (Wildman–Crippen MR) is 160 cm³/mol. The van der Waals surface area contributed by atoms with E-state index in [9.17, 15) is 33.1 Å². The fraction of sp³-hybridized carbons (Fsp3) is 0.194. The molecule has 0 radical (unpaired) electrons. The van der Waals surface area contributed by atoms with Crippen molar-refractivity contribution >= 4 is 46.4 Å². The van der Waals surface area contributed by atoms with Gasteiger partial charge in [0.2, 0.25) is 0 Å². The lowest BCUT2D eigenvalue weighted by Gasteiger charge is -2.37. The molecule has 1 unspecified atom stereocenters. The summed E-state index contributed by atoms with van der Waals surface area (Å²) in [6.07, 6.45) is 2.76. The van der Waals surface area contributed by atoms with Crippen LogP contribution in [0, 0.1) is 11.6 Å². The van der Waals surface area contributed by atoms with Crippen LogP contribution in [0.3, 0.4) is 0 Å². The lowest BCUT2D eigenvalue weighted by atomic mass is 10.1. The van der Waals surface area contributed by atoms with Crippen molar-refractivity contribution in [2.75, 3.05) is 36.4 Å². The highest BCUT2D eigenvalue weighted by Gasteiger charge is 2.26. The highest BCUT2D eigenvalue weighted by atomic mass is 32.1. The summed E-state index contributed by atoms with van der Waals surface area (Å²) >= 11 is 1.31. The van der Waals surface area contributed by atoms with Gasteiger partial charge in [0.1, 0.15) is 0 Å². The van der Waals surface area contributed by atoms with Gasteiger partial charge < -0.3 is 25.5 Å². The van der Waals surface area contributed by atoms with Crippen molar-refractivity contribution in [3.63, 3.8) is 0 Å². The minimum Gasteiger partial charge on any atom is -0.481 e. The van der Waals surface area contributed by atoms with E-state index >= 15 is 0 Å². The van der Waals surface area contributed by atoms with Gasteiger partial charge in [0.05, 0.1) is 29.4 Å². The van der Waals surface area contributed by atoms with E-state index in [-0.39, 0.29) is 29.1 Å². The van der Waals surface area contributed by atoms with E-state index in [0.29, 0.717) is 42.3 Å². The average Bonchev–Trinajstić information content (AvgIpc) is 3.57. The monoisotopic (exact) mass is 619 g/mol. The number of aliphatic carboxylic acids is 1. The third-order valence-corrected chi connectivity index (χ3v) is 8.06. The first-order valence-electron chi connectivity index (χ1n) is 13.6. The van der Waals surface area contributed by atoms with Gasteiger partial charge in [-0.2, -0.15) is 0 Å². The number of amides is 3. The predicted octanol–water partition coefficient (Wildman–Crippen LogP) is 4.58. The van der Waals surface area contributed by atoms with Gasteiger partial charge >= 0.3 is 5.97 Å². The molecule has 4 aromatic rings. The summed E-state index contributed by atoms with van der Waals surface area (Å²) in [5.41, 5.74) is 1.26. The maximum atomic E-state index is 13.9. The third-order valence-electron chi connectivity index (χ3n) is 7.08. The Balaban J connectivity index is 1.39. The topological polar surface area (TPSA) is 132 Å². The van der Waals surface area contributed by atoms with E-state index in [1.807, 2.05) is 4.90 Å². The summed E-state index contributed by atoms with van der Waals surface area (Å²) in [7, 11) is 0. The van der Waals surface area contributed by atoms with Crippen LogP contribution in [0.4, 0.5) is 20.2 Å². The highest BCUT2D eigenvalue weighted by Crippen LogP contribution is 2.30. The molecular weight excluding hydrogens is 592 g/mol. The van der Waals surface area contributed by atoms with Crippen molar-refractivity contribution in [3.8, 4) is 0 Å². The SMILES string of the molecule is O=C(O)CC(NC(=O)c1ccc(N2CCN(C(=O)c3cccnc3)CC2)c(NC(=O)c2ccc(F)c(F)c2)c1)c1cccs1. The van der Waals surface area contributed by atoms with E-state index in [0.717, 1.165) is 18.2 Å². The van der Waals surface area contributed by atoms with E-state index in [4.69, 9.17) is 0 Å². The number of halogens is 2. The summed E-state index contributed by atoms with van der Waals surface area (Å²) in [4.78, 5) is 59.1. The Morgan fingerprint density at radius 1 is 0.886 bits per heavy atom. The Hall–Kier alpha value is -5.17. The molecule has 3 N–H and O–H groups in total. The summed E-state index contributed by atoms with van der Waals surface area (Å²) in [5.74, 6) is -4.81. The molecule has 3 amide bonds. The van der Waals surface area contributed by atoms with E-state index in [2.05, 4.69) is 15.6 Å². The van der Waals surface area contributed by atoms with Gasteiger partial charge in [-0.15, -0.1) is 11.3 Å². The first-order chi connectivity index (χ1) is 21.2. The number of carbonyl (C=O) groups is 4. The quantitative estimate of drug-likeness (QED) is 0.250. The van der Waals surface area contributed by atoms with Gasteiger partial charge in [-0.25, -0.2) is 8.78 Å². The number of benzene rings is 2. The van der Waals surface area contributed by atoms with Crippen molar-refractivity contribution in [2.24, 2.45) is 0 Å². The average molecular weight is 620 g/mol. The Morgan fingerprint density at radius 3 is 2.30 bits per heavy atom. The van der Waals surface area contributed by atoms with Crippen LogP contribution >= 0.6 is 11.3 Å². The standard InChI is InChI=1S/C31H27F2N5O5S/c32-22-7-5-19(15-23(22)33)29(41)35-24-16-20(30(42)36-25(17-28(39)40)27-4-2-14-44-27)6-8-26(24)37-10-12-38(13-11-37)31(43)21-3-1-9-34-18-21/h1-9,14-16,18,25H,10-13,17H2,(H,35,41)(H,36,42)(H,39,40). The van der Waals surface area contributed by atoms with Crippen LogP contribution in [-0.4, -0.2) is 64.9 Å². The molecule has 2 aromatic carbocycles. The summed E-state index contributed by atoms with van der Waals surface area (Å²) < 4.78 is 27.4. The minimum absolute atomic E-state index is 0.129. The van der Waals surface area contributed by atoms with Gasteiger partial charge in [0.15, 0.2) is 11.6 Å². The molecule has 1 atom stereocenters. The van der Waals surface area contributed by atoms with E-state index < -0.39 is 35.5 Å². The number of thiophene rings is 1. The van der Waals surface area contributed by atoms with Crippen LogP contribution < -0.4 is 15.5 Å². The molecule has 0 aliphatic carbocycles. The number of carbonyl (C=O) groups excluding carboxylic acids is 3. The number of carboxylic acids is 1. The molecule has 0 spiro atoms. The number of hydrogen-bond acceptors (Lipinski definition) is 7. The van der Waals surface area contributed by atoms with Crippen molar-refractivity contribution in [3.05, 3.63) is 112 Å².